The Morgan fingerprint density at radius 1 is 1.05 bits per heavy atom. The number of hydrogen-bond donors (Lipinski definition) is 0. The molecule has 0 aliphatic carbocycles. The molecule has 0 heterocycles. The maximum absolute atomic E-state index is 12.2. The predicted octanol–water partition coefficient (Wildman–Crippen LogP) is 3.50. The van der Waals surface area contributed by atoms with Crippen molar-refractivity contribution in [2.24, 2.45) is 0 Å². The van der Waals surface area contributed by atoms with Crippen molar-refractivity contribution >= 4 is 23.2 Å². The lowest BCUT2D eigenvalue weighted by molar-refractivity contribution is -0.118. The molecule has 0 saturated carbocycles. The molecule has 2 rings (SSSR count). The van der Waals surface area contributed by atoms with Gasteiger partial charge < -0.3 is 4.90 Å². The molecule has 98 valence electrons. The third-order valence-corrected chi connectivity index (χ3v) is 3.34. The molecule has 0 N–H and O–H groups in total. The molecule has 19 heavy (non-hydrogen) atoms. The Morgan fingerprint density at radius 2 is 1.58 bits per heavy atom. The van der Waals surface area contributed by atoms with E-state index in [9.17, 15) is 4.79 Å². The van der Waals surface area contributed by atoms with E-state index in [2.05, 4.69) is 0 Å². The second kappa shape index (κ2) is 6.39. The summed E-state index contributed by atoms with van der Waals surface area (Å²) in [7, 11) is 1.75. The van der Waals surface area contributed by atoms with Gasteiger partial charge in [0.05, 0.1) is 0 Å². The molecule has 1 unspecified atom stereocenters. The van der Waals surface area contributed by atoms with Gasteiger partial charge in [-0.05, 0) is 24.1 Å². The minimum absolute atomic E-state index is 0.0864. The molecule has 2 nitrogen and oxygen atoms in total. The zero-order chi connectivity index (χ0) is 13.7. The monoisotopic (exact) mass is 273 g/mol. The lowest BCUT2D eigenvalue weighted by atomic mass is 10.1. The summed E-state index contributed by atoms with van der Waals surface area (Å²) in [5, 5.41) is -0.549. The number of hydrogen-bond acceptors (Lipinski definition) is 1. The number of rotatable bonds is 4. The van der Waals surface area contributed by atoms with Crippen molar-refractivity contribution in [2.45, 2.75) is 11.8 Å². The molecular weight excluding hydrogens is 258 g/mol. The van der Waals surface area contributed by atoms with E-state index in [-0.39, 0.29) is 5.91 Å². The van der Waals surface area contributed by atoms with Gasteiger partial charge in [-0.3, -0.25) is 4.79 Å². The Morgan fingerprint density at radius 3 is 2.16 bits per heavy atom. The van der Waals surface area contributed by atoms with Crippen molar-refractivity contribution in [3.63, 3.8) is 0 Å². The first-order valence-corrected chi connectivity index (χ1v) is 6.63. The molecular formula is C16H16ClNO. The average molecular weight is 274 g/mol. The Kier molecular flexibility index (Phi) is 4.58. The van der Waals surface area contributed by atoms with Crippen LogP contribution in [0.2, 0.25) is 0 Å². The van der Waals surface area contributed by atoms with E-state index in [1.54, 1.807) is 11.9 Å². The van der Waals surface area contributed by atoms with E-state index in [0.29, 0.717) is 6.42 Å². The molecule has 1 atom stereocenters. The summed E-state index contributed by atoms with van der Waals surface area (Å²) in [6.45, 7) is 0. The summed E-state index contributed by atoms with van der Waals surface area (Å²) in [5.41, 5.74) is 1.92. The van der Waals surface area contributed by atoms with Crippen LogP contribution in [0, 0.1) is 0 Å². The fraction of sp³-hybridized carbons (Fsp3) is 0.188. The van der Waals surface area contributed by atoms with Crippen molar-refractivity contribution < 1.29 is 4.79 Å². The van der Waals surface area contributed by atoms with Gasteiger partial charge in [0, 0.05) is 12.7 Å². The molecule has 1 amide bonds. The summed E-state index contributed by atoms with van der Waals surface area (Å²) in [6.07, 6.45) is 0.540. The Hall–Kier alpha value is -1.80. The summed E-state index contributed by atoms with van der Waals surface area (Å²) in [4.78, 5) is 13.8. The van der Waals surface area contributed by atoms with Gasteiger partial charge in [0.15, 0.2) is 0 Å². The van der Waals surface area contributed by atoms with Gasteiger partial charge in [-0.15, -0.1) is 11.6 Å². The Labute approximate surface area is 118 Å². The molecule has 0 spiro atoms. The highest BCUT2D eigenvalue weighted by Gasteiger charge is 2.20. The molecule has 2 aromatic carbocycles. The highest BCUT2D eigenvalue weighted by molar-refractivity contribution is 6.32. The molecule has 0 radical (unpaired) electrons. The normalized spacial score (nSPS) is 11.9. The first kappa shape index (κ1) is 13.6. The van der Waals surface area contributed by atoms with Gasteiger partial charge in [-0.1, -0.05) is 48.5 Å². The molecule has 0 fully saturated rings. The first-order chi connectivity index (χ1) is 9.18. The number of alkyl halides is 1. The van der Waals surface area contributed by atoms with E-state index in [4.69, 9.17) is 11.6 Å². The second-order valence-electron chi connectivity index (χ2n) is 4.39. The number of carbonyl (C=O) groups excluding carboxylic acids is 1. The number of nitrogens with zero attached hydrogens (tertiary/aromatic N) is 1. The third kappa shape index (κ3) is 3.58. The summed E-state index contributed by atoms with van der Waals surface area (Å²) in [5.74, 6) is -0.0864. The lowest BCUT2D eigenvalue weighted by Gasteiger charge is -2.20. The van der Waals surface area contributed by atoms with Crippen molar-refractivity contribution in [1.29, 1.82) is 0 Å². The van der Waals surface area contributed by atoms with Crippen molar-refractivity contribution in [3.8, 4) is 0 Å². The van der Waals surface area contributed by atoms with Crippen LogP contribution in [0.1, 0.15) is 5.56 Å². The molecule has 2 aromatic rings. The topological polar surface area (TPSA) is 20.3 Å². The van der Waals surface area contributed by atoms with Crippen LogP contribution >= 0.6 is 11.6 Å². The van der Waals surface area contributed by atoms with Gasteiger partial charge in [0.25, 0.3) is 0 Å². The number of para-hydroxylation sites is 1. The van der Waals surface area contributed by atoms with Crippen LogP contribution in [0.25, 0.3) is 0 Å². The Bertz CT molecular complexity index is 527. The zero-order valence-electron chi connectivity index (χ0n) is 10.8. The van der Waals surface area contributed by atoms with Crippen molar-refractivity contribution in [2.75, 3.05) is 11.9 Å². The average Bonchev–Trinajstić information content (AvgIpc) is 2.47. The van der Waals surface area contributed by atoms with Gasteiger partial charge in [-0.2, -0.15) is 0 Å². The minimum atomic E-state index is -0.549. The van der Waals surface area contributed by atoms with Crippen LogP contribution in [0.5, 0.6) is 0 Å². The van der Waals surface area contributed by atoms with Crippen molar-refractivity contribution in [3.05, 3.63) is 66.2 Å². The van der Waals surface area contributed by atoms with Crippen LogP contribution in [0.15, 0.2) is 60.7 Å². The number of carbonyl (C=O) groups is 1. The number of amides is 1. The molecule has 0 aliphatic rings. The summed E-state index contributed by atoms with van der Waals surface area (Å²) >= 11 is 6.22. The molecule has 0 aliphatic heterocycles. The van der Waals surface area contributed by atoms with Crippen molar-refractivity contribution in [1.82, 2.24) is 0 Å². The second-order valence-corrected chi connectivity index (χ2v) is 4.92. The number of anilines is 1. The minimum Gasteiger partial charge on any atom is -0.314 e. The number of halogens is 1. The molecule has 3 heteroatoms. The fourth-order valence-electron chi connectivity index (χ4n) is 1.90. The Balaban J connectivity index is 2.03. The molecule has 0 saturated heterocycles. The van der Waals surface area contributed by atoms with Gasteiger partial charge in [0.1, 0.15) is 5.38 Å². The van der Waals surface area contributed by atoms with Gasteiger partial charge in [-0.25, -0.2) is 0 Å². The van der Waals surface area contributed by atoms with E-state index >= 15 is 0 Å². The highest BCUT2D eigenvalue weighted by atomic mass is 35.5. The van der Waals surface area contributed by atoms with Crippen LogP contribution in [0.4, 0.5) is 5.69 Å². The third-order valence-electron chi connectivity index (χ3n) is 3.00. The maximum atomic E-state index is 12.2. The molecule has 0 bridgehead atoms. The SMILES string of the molecule is CN(C(=O)C(Cl)Cc1ccccc1)c1ccccc1. The predicted molar refractivity (Wildman–Crippen MR) is 79.6 cm³/mol. The highest BCUT2D eigenvalue weighted by Crippen LogP contribution is 2.16. The maximum Gasteiger partial charge on any atom is 0.245 e. The van der Waals surface area contributed by atoms with Crippen LogP contribution in [-0.2, 0) is 11.2 Å². The standard InChI is InChI=1S/C16H16ClNO/c1-18(14-10-6-3-7-11-14)16(19)15(17)12-13-8-4-2-5-9-13/h2-11,15H,12H2,1H3. The smallest absolute Gasteiger partial charge is 0.245 e. The fourth-order valence-corrected chi connectivity index (χ4v) is 2.22. The van der Waals surface area contributed by atoms with E-state index in [1.807, 2.05) is 60.7 Å². The quantitative estimate of drug-likeness (QED) is 0.781. The summed E-state index contributed by atoms with van der Waals surface area (Å²) in [6, 6.07) is 19.3. The van der Waals surface area contributed by atoms with Gasteiger partial charge >= 0.3 is 0 Å². The van der Waals surface area contributed by atoms with E-state index in [1.165, 1.54) is 0 Å². The van der Waals surface area contributed by atoms with Crippen LogP contribution in [0.3, 0.4) is 0 Å². The largest absolute Gasteiger partial charge is 0.314 e. The molecule has 0 aromatic heterocycles. The summed E-state index contributed by atoms with van der Waals surface area (Å²) < 4.78 is 0. The van der Waals surface area contributed by atoms with E-state index in [0.717, 1.165) is 11.3 Å². The van der Waals surface area contributed by atoms with Gasteiger partial charge in [0.2, 0.25) is 5.91 Å². The van der Waals surface area contributed by atoms with E-state index < -0.39 is 5.38 Å². The zero-order valence-corrected chi connectivity index (χ0v) is 11.5. The lowest BCUT2D eigenvalue weighted by Crippen LogP contribution is -2.34. The van der Waals surface area contributed by atoms with Crippen LogP contribution < -0.4 is 4.90 Å². The van der Waals surface area contributed by atoms with Crippen LogP contribution in [-0.4, -0.2) is 18.3 Å². The number of benzene rings is 2. The first-order valence-electron chi connectivity index (χ1n) is 6.19.